The van der Waals surface area contributed by atoms with E-state index < -0.39 is 6.36 Å². The molecule has 0 spiro atoms. The lowest BCUT2D eigenvalue weighted by molar-refractivity contribution is -0.274. The molecule has 0 unspecified atom stereocenters. The van der Waals surface area contributed by atoms with Crippen LogP contribution in [0.15, 0.2) is 24.3 Å². The van der Waals surface area contributed by atoms with Gasteiger partial charge in [0.25, 0.3) is 0 Å². The Morgan fingerprint density at radius 3 is 2.20 bits per heavy atom. The Morgan fingerprint density at radius 1 is 1.13 bits per heavy atom. The fourth-order valence-electron chi connectivity index (χ4n) is 0.944. The Labute approximate surface area is 98.5 Å². The van der Waals surface area contributed by atoms with E-state index in [4.69, 9.17) is 4.74 Å². The van der Waals surface area contributed by atoms with Gasteiger partial charge in [-0.05, 0) is 17.7 Å². The van der Waals surface area contributed by atoms with E-state index in [1.165, 1.54) is 24.3 Å². The van der Waals surface area contributed by atoms with E-state index in [-0.39, 0.29) is 5.75 Å². The second-order valence-corrected chi connectivity index (χ2v) is 3.27. The summed E-state index contributed by atoms with van der Waals surface area (Å²) < 4.78 is 44.7. The van der Waals surface area contributed by atoms with Crippen molar-refractivity contribution in [2.45, 2.75) is 13.0 Å². The number of ether oxygens (including phenoxy) is 2. The van der Waals surface area contributed by atoms with Gasteiger partial charge in [-0.15, -0.1) is 13.2 Å². The summed E-state index contributed by atoms with van der Waals surface area (Å²) in [5.41, 5.74) is 0.807. The zero-order valence-corrected chi connectivity index (χ0v) is 9.71. The smallest absolute Gasteiger partial charge is 0.406 e. The molecule has 84 valence electrons. The topological polar surface area (TPSA) is 18.5 Å². The first-order valence-electron chi connectivity index (χ1n) is 3.99. The molecule has 0 bridgehead atoms. The molecule has 6 heteroatoms. The highest BCUT2D eigenvalue weighted by atomic mass is 127. The summed E-state index contributed by atoms with van der Waals surface area (Å²) in [5.74, 6) is -0.222. The van der Waals surface area contributed by atoms with Crippen molar-refractivity contribution in [2.75, 3.05) is 4.61 Å². The standard InChI is InChI=1S/C9H8F3IO2/c10-9(11,12)15-8-3-1-7(2-4-8)5-14-6-13/h1-4H,5-6H2. The third-order valence-corrected chi connectivity index (χ3v) is 1.94. The van der Waals surface area contributed by atoms with Crippen LogP contribution in [0.1, 0.15) is 5.56 Å². The third kappa shape index (κ3) is 5.22. The summed E-state index contributed by atoms with van der Waals surface area (Å²) in [4.78, 5) is 0. The Kier molecular flexibility index (Phi) is 4.65. The van der Waals surface area contributed by atoms with E-state index in [0.717, 1.165) is 5.56 Å². The van der Waals surface area contributed by atoms with Crippen molar-refractivity contribution in [3.8, 4) is 5.75 Å². The minimum absolute atomic E-state index is 0.222. The molecule has 0 fully saturated rings. The molecule has 15 heavy (non-hydrogen) atoms. The molecule has 0 aliphatic carbocycles. The number of benzene rings is 1. The maximum atomic E-state index is 11.8. The third-order valence-electron chi connectivity index (χ3n) is 1.50. The lowest BCUT2D eigenvalue weighted by atomic mass is 10.2. The van der Waals surface area contributed by atoms with Crippen molar-refractivity contribution in [1.82, 2.24) is 0 Å². The van der Waals surface area contributed by atoms with Gasteiger partial charge < -0.3 is 9.47 Å². The predicted octanol–water partition coefficient (Wildman–Crippen LogP) is 3.49. The zero-order chi connectivity index (χ0) is 11.3. The highest BCUT2D eigenvalue weighted by Crippen LogP contribution is 2.22. The van der Waals surface area contributed by atoms with Crippen LogP contribution in [0.4, 0.5) is 13.2 Å². The molecule has 0 amide bonds. The van der Waals surface area contributed by atoms with Crippen molar-refractivity contribution in [2.24, 2.45) is 0 Å². The molecule has 0 heterocycles. The van der Waals surface area contributed by atoms with Crippen LogP contribution in [0.3, 0.4) is 0 Å². The molecular formula is C9H8F3IO2. The summed E-state index contributed by atoms with van der Waals surface area (Å²) in [7, 11) is 0. The summed E-state index contributed by atoms with van der Waals surface area (Å²) in [6.07, 6.45) is -4.64. The molecule has 2 nitrogen and oxygen atoms in total. The Hall–Kier alpha value is -0.500. The molecule has 0 N–H and O–H groups in total. The molecule has 0 aromatic heterocycles. The van der Waals surface area contributed by atoms with Gasteiger partial charge >= 0.3 is 6.36 Å². The Bertz CT molecular complexity index is 297. The predicted molar refractivity (Wildman–Crippen MR) is 56.8 cm³/mol. The van der Waals surface area contributed by atoms with Crippen molar-refractivity contribution < 1.29 is 22.6 Å². The van der Waals surface area contributed by atoms with Gasteiger partial charge in [0, 0.05) is 0 Å². The summed E-state index contributed by atoms with van der Waals surface area (Å²) in [6.45, 7) is 0.384. The van der Waals surface area contributed by atoms with Crippen LogP contribution in [0.2, 0.25) is 0 Å². The first-order valence-corrected chi connectivity index (χ1v) is 5.52. The van der Waals surface area contributed by atoms with Crippen molar-refractivity contribution in [3.63, 3.8) is 0 Å². The summed E-state index contributed by atoms with van der Waals surface area (Å²) in [6, 6.07) is 5.60. The lowest BCUT2D eigenvalue weighted by Crippen LogP contribution is -2.17. The van der Waals surface area contributed by atoms with Gasteiger partial charge in [0.15, 0.2) is 0 Å². The summed E-state index contributed by atoms with van der Waals surface area (Å²) >= 11 is 2.04. The van der Waals surface area contributed by atoms with Gasteiger partial charge in [-0.2, -0.15) is 0 Å². The first-order chi connectivity index (χ1) is 7.01. The van der Waals surface area contributed by atoms with Crippen LogP contribution in [-0.2, 0) is 11.3 Å². The molecule has 0 atom stereocenters. The van der Waals surface area contributed by atoms with E-state index in [1.807, 2.05) is 22.6 Å². The first kappa shape index (κ1) is 12.6. The molecule has 0 aliphatic heterocycles. The van der Waals surface area contributed by atoms with Gasteiger partial charge in [-0.25, -0.2) is 0 Å². The normalized spacial score (nSPS) is 11.5. The van der Waals surface area contributed by atoms with Crippen LogP contribution >= 0.6 is 22.6 Å². The van der Waals surface area contributed by atoms with Crippen LogP contribution in [0.25, 0.3) is 0 Å². The number of hydrogen-bond donors (Lipinski definition) is 0. The van der Waals surface area contributed by atoms with Gasteiger partial charge in [-0.1, -0.05) is 34.7 Å². The molecule has 0 saturated carbocycles. The number of rotatable bonds is 4. The highest BCUT2D eigenvalue weighted by Gasteiger charge is 2.30. The molecule has 1 aromatic carbocycles. The average molecular weight is 332 g/mol. The fourth-order valence-corrected chi connectivity index (χ4v) is 1.16. The van der Waals surface area contributed by atoms with Crippen LogP contribution < -0.4 is 4.74 Å². The Morgan fingerprint density at radius 2 is 1.73 bits per heavy atom. The molecule has 1 aromatic rings. The number of alkyl halides is 4. The van der Waals surface area contributed by atoms with E-state index in [9.17, 15) is 13.2 Å². The molecule has 0 aliphatic rings. The van der Waals surface area contributed by atoms with Crippen molar-refractivity contribution in [3.05, 3.63) is 29.8 Å². The molecule has 1 rings (SSSR count). The zero-order valence-electron chi connectivity index (χ0n) is 7.55. The van der Waals surface area contributed by atoms with E-state index >= 15 is 0 Å². The molecular weight excluding hydrogens is 324 g/mol. The Balaban J connectivity index is 2.56. The number of hydrogen-bond acceptors (Lipinski definition) is 2. The minimum atomic E-state index is -4.64. The monoisotopic (exact) mass is 332 g/mol. The SMILES string of the molecule is FC(F)(F)Oc1ccc(COCI)cc1. The van der Waals surface area contributed by atoms with Gasteiger partial charge in [0.05, 0.1) is 11.2 Å². The largest absolute Gasteiger partial charge is 0.573 e. The van der Waals surface area contributed by atoms with Crippen molar-refractivity contribution in [1.29, 1.82) is 0 Å². The minimum Gasteiger partial charge on any atom is -0.406 e. The number of halogens is 4. The maximum Gasteiger partial charge on any atom is 0.573 e. The average Bonchev–Trinajstić information content (AvgIpc) is 2.14. The lowest BCUT2D eigenvalue weighted by Gasteiger charge is -2.09. The van der Waals surface area contributed by atoms with E-state index in [0.29, 0.717) is 11.2 Å². The molecule has 0 saturated heterocycles. The van der Waals surface area contributed by atoms with E-state index in [2.05, 4.69) is 4.74 Å². The van der Waals surface area contributed by atoms with Crippen LogP contribution in [0.5, 0.6) is 5.75 Å². The second-order valence-electron chi connectivity index (χ2n) is 2.65. The van der Waals surface area contributed by atoms with Crippen LogP contribution in [-0.4, -0.2) is 11.0 Å². The van der Waals surface area contributed by atoms with Crippen LogP contribution in [0, 0.1) is 0 Å². The van der Waals surface area contributed by atoms with E-state index in [1.54, 1.807) is 0 Å². The van der Waals surface area contributed by atoms with Crippen molar-refractivity contribution >= 4 is 22.6 Å². The summed E-state index contributed by atoms with van der Waals surface area (Å²) in [5, 5.41) is 0. The fraction of sp³-hybridized carbons (Fsp3) is 0.333. The van der Waals surface area contributed by atoms with Gasteiger partial charge in [-0.3, -0.25) is 0 Å². The second kappa shape index (κ2) is 5.55. The van der Waals surface area contributed by atoms with Gasteiger partial charge in [0.1, 0.15) is 5.75 Å². The maximum absolute atomic E-state index is 11.8. The quantitative estimate of drug-likeness (QED) is 0.621. The van der Waals surface area contributed by atoms with Gasteiger partial charge in [0.2, 0.25) is 0 Å². The highest BCUT2D eigenvalue weighted by molar-refractivity contribution is 14.1. The molecule has 0 radical (unpaired) electrons.